The lowest BCUT2D eigenvalue weighted by atomic mass is 9.81. The summed E-state index contributed by atoms with van der Waals surface area (Å²) in [6.07, 6.45) is 4.84. The Balaban J connectivity index is 1.41. The van der Waals surface area contributed by atoms with E-state index < -0.39 is 17.5 Å². The van der Waals surface area contributed by atoms with Gasteiger partial charge in [-0.1, -0.05) is 30.9 Å². The van der Waals surface area contributed by atoms with Crippen molar-refractivity contribution in [1.82, 2.24) is 15.1 Å². The fraction of sp³-hybridized carbons (Fsp3) is 0.524. The SMILES string of the molecule is CN1C(=O)N(CC(=O)NCCCC(=O)Nc2ccc(Cl)cc2)C(=O)C12CCCCC2. The van der Waals surface area contributed by atoms with Gasteiger partial charge in [-0.25, -0.2) is 4.79 Å². The Morgan fingerprint density at radius 2 is 1.73 bits per heavy atom. The first-order chi connectivity index (χ1) is 14.3. The van der Waals surface area contributed by atoms with Gasteiger partial charge in [-0.2, -0.15) is 0 Å². The number of carbonyl (C=O) groups excluding carboxylic acids is 4. The van der Waals surface area contributed by atoms with Gasteiger partial charge in [0.05, 0.1) is 0 Å². The molecule has 1 saturated heterocycles. The third-order valence-corrected chi connectivity index (χ3v) is 6.07. The van der Waals surface area contributed by atoms with Gasteiger partial charge in [-0.3, -0.25) is 19.3 Å². The molecule has 2 fully saturated rings. The number of nitrogens with one attached hydrogen (secondary N) is 2. The fourth-order valence-corrected chi connectivity index (χ4v) is 4.23. The van der Waals surface area contributed by atoms with Crippen LogP contribution >= 0.6 is 11.6 Å². The standard InChI is InChI=1S/C21H27ClN4O4/c1-25-20(30)26(19(29)21(25)11-3-2-4-12-21)14-18(28)23-13-5-6-17(27)24-16-9-7-15(22)8-10-16/h7-10H,2-6,11-14H2,1H3,(H,23,28)(H,24,27). The number of rotatable bonds is 7. The summed E-state index contributed by atoms with van der Waals surface area (Å²) in [6.45, 7) is -0.00912. The Morgan fingerprint density at radius 3 is 2.40 bits per heavy atom. The molecule has 162 valence electrons. The van der Waals surface area contributed by atoms with Crippen LogP contribution in [0.1, 0.15) is 44.9 Å². The average Bonchev–Trinajstić information content (AvgIpc) is 2.90. The Hall–Kier alpha value is -2.61. The molecule has 2 aliphatic rings. The maximum Gasteiger partial charge on any atom is 0.327 e. The van der Waals surface area contributed by atoms with Crippen molar-refractivity contribution in [3.05, 3.63) is 29.3 Å². The van der Waals surface area contributed by atoms with E-state index in [4.69, 9.17) is 11.6 Å². The van der Waals surface area contributed by atoms with Crippen LogP contribution in [0.25, 0.3) is 0 Å². The lowest BCUT2D eigenvalue weighted by Crippen LogP contribution is -2.49. The molecule has 1 aliphatic carbocycles. The first-order valence-electron chi connectivity index (χ1n) is 10.3. The molecule has 1 spiro atoms. The molecule has 1 aliphatic heterocycles. The molecule has 3 rings (SSSR count). The number of amides is 5. The topological polar surface area (TPSA) is 98.8 Å². The van der Waals surface area contributed by atoms with Gasteiger partial charge in [0.15, 0.2) is 0 Å². The molecule has 1 heterocycles. The Morgan fingerprint density at radius 1 is 1.07 bits per heavy atom. The first-order valence-corrected chi connectivity index (χ1v) is 10.6. The van der Waals surface area contributed by atoms with Gasteiger partial charge in [0, 0.05) is 30.7 Å². The van der Waals surface area contributed by atoms with Crippen LogP contribution in [0.4, 0.5) is 10.5 Å². The zero-order valence-electron chi connectivity index (χ0n) is 17.1. The van der Waals surface area contributed by atoms with Crippen molar-refractivity contribution in [1.29, 1.82) is 0 Å². The molecule has 1 aromatic rings. The van der Waals surface area contributed by atoms with Gasteiger partial charge >= 0.3 is 6.03 Å². The highest BCUT2D eigenvalue weighted by atomic mass is 35.5. The van der Waals surface area contributed by atoms with Crippen LogP contribution in [0, 0.1) is 0 Å². The fourth-order valence-electron chi connectivity index (χ4n) is 4.10. The van der Waals surface area contributed by atoms with Gasteiger partial charge < -0.3 is 15.5 Å². The molecule has 1 aromatic carbocycles. The number of carbonyl (C=O) groups is 4. The first kappa shape index (κ1) is 22.1. The van der Waals surface area contributed by atoms with Crippen LogP contribution in [-0.4, -0.2) is 59.2 Å². The second-order valence-electron chi connectivity index (χ2n) is 7.83. The molecule has 0 aromatic heterocycles. The van der Waals surface area contributed by atoms with Crippen LogP contribution in [0.15, 0.2) is 24.3 Å². The highest BCUT2D eigenvalue weighted by Gasteiger charge is 2.55. The number of hydrogen-bond donors (Lipinski definition) is 2. The van der Waals surface area contributed by atoms with Gasteiger partial charge in [-0.05, 0) is 43.5 Å². The summed E-state index contributed by atoms with van der Waals surface area (Å²) < 4.78 is 0. The maximum absolute atomic E-state index is 12.9. The zero-order valence-corrected chi connectivity index (χ0v) is 17.8. The molecule has 0 unspecified atom stereocenters. The molecule has 0 radical (unpaired) electrons. The molecular weight excluding hydrogens is 408 g/mol. The minimum atomic E-state index is -0.782. The van der Waals surface area contributed by atoms with Crippen molar-refractivity contribution in [3.63, 3.8) is 0 Å². The predicted octanol–water partition coefficient (Wildman–Crippen LogP) is 2.77. The molecule has 1 saturated carbocycles. The van der Waals surface area contributed by atoms with Crippen LogP contribution in [0.5, 0.6) is 0 Å². The van der Waals surface area contributed by atoms with E-state index in [1.165, 1.54) is 4.90 Å². The molecule has 8 nitrogen and oxygen atoms in total. The molecule has 30 heavy (non-hydrogen) atoms. The summed E-state index contributed by atoms with van der Waals surface area (Å²) in [5.74, 6) is -0.847. The van der Waals surface area contributed by atoms with Crippen molar-refractivity contribution in [2.75, 3.05) is 25.5 Å². The summed E-state index contributed by atoms with van der Waals surface area (Å²) in [7, 11) is 1.64. The lowest BCUT2D eigenvalue weighted by molar-refractivity contribution is -0.137. The summed E-state index contributed by atoms with van der Waals surface area (Å²) in [6, 6.07) is 6.38. The smallest absolute Gasteiger partial charge is 0.327 e. The van der Waals surface area contributed by atoms with Gasteiger partial charge in [0.1, 0.15) is 12.1 Å². The summed E-state index contributed by atoms with van der Waals surface area (Å²) >= 11 is 5.81. The number of imide groups is 1. The van der Waals surface area contributed by atoms with Crippen molar-refractivity contribution in [3.8, 4) is 0 Å². The summed E-state index contributed by atoms with van der Waals surface area (Å²) in [5.41, 5.74) is -0.129. The van der Waals surface area contributed by atoms with Crippen molar-refractivity contribution >= 4 is 41.0 Å². The highest BCUT2D eigenvalue weighted by molar-refractivity contribution is 6.30. The van der Waals surface area contributed by atoms with Crippen LogP contribution in [0.2, 0.25) is 5.02 Å². The Labute approximate surface area is 180 Å². The normalized spacial score (nSPS) is 18.1. The van der Waals surface area contributed by atoms with Gasteiger partial charge in [-0.15, -0.1) is 0 Å². The molecule has 0 atom stereocenters. The quantitative estimate of drug-likeness (QED) is 0.509. The van der Waals surface area contributed by atoms with Crippen molar-refractivity contribution in [2.24, 2.45) is 0 Å². The zero-order chi connectivity index (χ0) is 21.7. The Kier molecular flexibility index (Phi) is 6.97. The minimum absolute atomic E-state index is 0.169. The summed E-state index contributed by atoms with van der Waals surface area (Å²) in [5, 5.41) is 6.02. The van der Waals surface area contributed by atoms with E-state index in [1.807, 2.05) is 0 Å². The van der Waals surface area contributed by atoms with Gasteiger partial charge in [0.2, 0.25) is 11.8 Å². The van der Waals surface area contributed by atoms with E-state index in [-0.39, 0.29) is 31.3 Å². The average molecular weight is 435 g/mol. The van der Waals surface area contributed by atoms with Gasteiger partial charge in [0.25, 0.3) is 5.91 Å². The van der Waals surface area contributed by atoms with E-state index in [0.29, 0.717) is 30.0 Å². The molecule has 9 heteroatoms. The van der Waals surface area contributed by atoms with E-state index in [2.05, 4.69) is 10.6 Å². The van der Waals surface area contributed by atoms with Crippen LogP contribution in [0.3, 0.4) is 0 Å². The number of likely N-dealkylation sites (N-methyl/N-ethyl adjacent to an activating group) is 1. The summed E-state index contributed by atoms with van der Waals surface area (Å²) in [4.78, 5) is 52.2. The van der Waals surface area contributed by atoms with Crippen molar-refractivity contribution in [2.45, 2.75) is 50.5 Å². The second-order valence-corrected chi connectivity index (χ2v) is 8.27. The molecule has 0 bridgehead atoms. The minimum Gasteiger partial charge on any atom is -0.355 e. The number of halogens is 1. The largest absolute Gasteiger partial charge is 0.355 e. The van der Waals surface area contributed by atoms with Crippen LogP contribution < -0.4 is 10.6 Å². The number of benzene rings is 1. The van der Waals surface area contributed by atoms with E-state index in [9.17, 15) is 19.2 Å². The molecule has 2 N–H and O–H groups in total. The third-order valence-electron chi connectivity index (χ3n) is 5.82. The predicted molar refractivity (Wildman–Crippen MR) is 113 cm³/mol. The second kappa shape index (κ2) is 9.47. The van der Waals surface area contributed by atoms with Crippen LogP contribution in [-0.2, 0) is 14.4 Å². The number of hydrogen-bond acceptors (Lipinski definition) is 4. The highest BCUT2D eigenvalue weighted by Crippen LogP contribution is 2.39. The molecule has 5 amide bonds. The number of anilines is 1. The van der Waals surface area contributed by atoms with E-state index in [0.717, 1.165) is 24.2 Å². The van der Waals surface area contributed by atoms with E-state index in [1.54, 1.807) is 31.3 Å². The number of nitrogens with zero attached hydrogens (tertiary/aromatic N) is 2. The monoisotopic (exact) mass is 434 g/mol. The molecular formula is C21H27ClN4O4. The lowest BCUT2D eigenvalue weighted by Gasteiger charge is -2.35. The van der Waals surface area contributed by atoms with E-state index >= 15 is 0 Å². The Bertz CT molecular complexity index is 821. The van der Waals surface area contributed by atoms with Crippen molar-refractivity contribution < 1.29 is 19.2 Å². The third kappa shape index (κ3) is 4.75. The maximum atomic E-state index is 12.9. The number of urea groups is 1.